The van der Waals surface area contributed by atoms with Crippen LogP contribution in [0.3, 0.4) is 0 Å². The molecule has 0 unspecified atom stereocenters. The summed E-state index contributed by atoms with van der Waals surface area (Å²) in [4.78, 5) is 14.2. The van der Waals surface area contributed by atoms with Crippen LogP contribution in [0.25, 0.3) is 0 Å². The molecule has 1 N–H and O–H groups in total. The smallest absolute Gasteiger partial charge is 0.356 e. The summed E-state index contributed by atoms with van der Waals surface area (Å²) in [5.74, 6) is -4.49. The van der Waals surface area contributed by atoms with Crippen molar-refractivity contribution in [2.24, 2.45) is 5.92 Å². The molecule has 0 aliphatic heterocycles. The SMILES string of the molecule is O=C(O)c1ncc(OC[C@H]2CC2(F)F)cc1Cl. The van der Waals surface area contributed by atoms with Crippen LogP contribution in [0.5, 0.6) is 5.75 Å². The molecular weight excluding hydrogens is 256 g/mol. The lowest BCUT2D eigenvalue weighted by Crippen LogP contribution is -2.07. The molecule has 0 bridgehead atoms. The van der Waals surface area contributed by atoms with E-state index in [2.05, 4.69) is 4.98 Å². The number of halogens is 3. The molecule has 1 saturated carbocycles. The number of carbonyl (C=O) groups is 1. The molecule has 1 aliphatic carbocycles. The number of rotatable bonds is 4. The van der Waals surface area contributed by atoms with Crippen molar-refractivity contribution >= 4 is 17.6 Å². The van der Waals surface area contributed by atoms with Crippen LogP contribution in [0.4, 0.5) is 8.78 Å². The standard InChI is InChI=1S/C10H8ClF2NO3/c11-7-1-6(3-14-8(7)9(15)16)17-4-5-2-10(5,12)13/h1,3,5H,2,4H2,(H,15,16)/t5-/m1/s1. The topological polar surface area (TPSA) is 59.4 Å². The second-order valence-electron chi connectivity index (χ2n) is 3.78. The van der Waals surface area contributed by atoms with Gasteiger partial charge < -0.3 is 9.84 Å². The van der Waals surface area contributed by atoms with Gasteiger partial charge in [-0.1, -0.05) is 11.6 Å². The van der Waals surface area contributed by atoms with Crippen LogP contribution >= 0.6 is 11.6 Å². The molecular formula is C10H8ClF2NO3. The van der Waals surface area contributed by atoms with Crippen LogP contribution in [0.15, 0.2) is 12.3 Å². The molecule has 2 rings (SSSR count). The summed E-state index contributed by atoms with van der Waals surface area (Å²) in [6.07, 6.45) is 0.969. The van der Waals surface area contributed by atoms with Gasteiger partial charge in [-0.15, -0.1) is 0 Å². The second kappa shape index (κ2) is 4.10. The van der Waals surface area contributed by atoms with Crippen molar-refractivity contribution in [2.75, 3.05) is 6.61 Å². The third kappa shape index (κ3) is 2.63. The largest absolute Gasteiger partial charge is 0.491 e. The van der Waals surface area contributed by atoms with E-state index >= 15 is 0 Å². The lowest BCUT2D eigenvalue weighted by atomic mass is 10.3. The monoisotopic (exact) mass is 263 g/mol. The maximum absolute atomic E-state index is 12.5. The van der Waals surface area contributed by atoms with E-state index in [-0.39, 0.29) is 29.5 Å². The van der Waals surface area contributed by atoms with Crippen molar-refractivity contribution in [3.8, 4) is 5.75 Å². The van der Waals surface area contributed by atoms with Crippen molar-refractivity contribution in [2.45, 2.75) is 12.3 Å². The molecule has 0 saturated heterocycles. The molecule has 17 heavy (non-hydrogen) atoms. The normalized spacial score (nSPS) is 21.0. The third-order valence-electron chi connectivity index (χ3n) is 2.43. The molecule has 1 aromatic heterocycles. The number of aromatic nitrogens is 1. The first-order valence-corrected chi connectivity index (χ1v) is 5.17. The summed E-state index contributed by atoms with van der Waals surface area (Å²) in [6.45, 7) is -0.128. The number of alkyl halides is 2. The summed E-state index contributed by atoms with van der Waals surface area (Å²) in [5, 5.41) is 8.58. The summed E-state index contributed by atoms with van der Waals surface area (Å²) in [5.41, 5.74) is -0.296. The van der Waals surface area contributed by atoms with E-state index in [0.717, 1.165) is 6.20 Å². The van der Waals surface area contributed by atoms with Gasteiger partial charge in [-0.3, -0.25) is 0 Å². The Morgan fingerprint density at radius 1 is 1.71 bits per heavy atom. The molecule has 0 radical (unpaired) electrons. The third-order valence-corrected chi connectivity index (χ3v) is 2.71. The van der Waals surface area contributed by atoms with Crippen molar-refractivity contribution in [3.05, 3.63) is 23.0 Å². The fraction of sp³-hybridized carbons (Fsp3) is 0.400. The molecule has 1 atom stereocenters. The van der Waals surface area contributed by atoms with Gasteiger partial charge in [-0.2, -0.15) is 0 Å². The summed E-state index contributed by atoms with van der Waals surface area (Å²) in [6, 6.07) is 1.25. The summed E-state index contributed by atoms with van der Waals surface area (Å²) < 4.78 is 30.2. The van der Waals surface area contributed by atoms with Crippen molar-refractivity contribution in [3.63, 3.8) is 0 Å². The van der Waals surface area contributed by atoms with Gasteiger partial charge in [-0.05, 0) is 0 Å². The highest BCUT2D eigenvalue weighted by atomic mass is 35.5. The zero-order valence-corrected chi connectivity index (χ0v) is 9.25. The molecule has 0 spiro atoms. The predicted octanol–water partition coefficient (Wildman–Crippen LogP) is 2.47. The molecule has 1 aromatic rings. The minimum atomic E-state index is -2.64. The Balaban J connectivity index is 1.98. The highest BCUT2D eigenvalue weighted by Crippen LogP contribution is 2.48. The molecule has 1 fully saturated rings. The van der Waals surface area contributed by atoms with Crippen molar-refractivity contribution < 1.29 is 23.4 Å². The lowest BCUT2D eigenvalue weighted by Gasteiger charge is -2.06. The maximum Gasteiger partial charge on any atom is 0.356 e. The number of hydrogen-bond acceptors (Lipinski definition) is 3. The molecule has 0 amide bonds. The first-order chi connectivity index (χ1) is 7.90. The van der Waals surface area contributed by atoms with E-state index in [0.29, 0.717) is 0 Å². The van der Waals surface area contributed by atoms with Crippen LogP contribution < -0.4 is 4.74 Å². The first kappa shape index (κ1) is 12.0. The Hall–Kier alpha value is -1.43. The molecule has 1 heterocycles. The Morgan fingerprint density at radius 3 is 2.82 bits per heavy atom. The minimum Gasteiger partial charge on any atom is -0.491 e. The Labute approximate surface area is 100 Å². The van der Waals surface area contributed by atoms with Crippen LogP contribution in [-0.2, 0) is 0 Å². The predicted molar refractivity (Wildman–Crippen MR) is 54.8 cm³/mol. The number of aromatic carboxylic acids is 1. The maximum atomic E-state index is 12.5. The quantitative estimate of drug-likeness (QED) is 0.906. The van der Waals surface area contributed by atoms with E-state index in [1.807, 2.05) is 0 Å². The second-order valence-corrected chi connectivity index (χ2v) is 4.19. The molecule has 7 heteroatoms. The van der Waals surface area contributed by atoms with Gasteiger partial charge in [-0.25, -0.2) is 18.6 Å². The fourth-order valence-corrected chi connectivity index (χ4v) is 1.54. The number of ether oxygens (including phenoxy) is 1. The zero-order chi connectivity index (χ0) is 12.6. The van der Waals surface area contributed by atoms with E-state index < -0.39 is 17.8 Å². The van der Waals surface area contributed by atoms with Gasteiger partial charge in [0, 0.05) is 12.5 Å². The fourth-order valence-electron chi connectivity index (χ4n) is 1.30. The molecule has 1 aliphatic rings. The van der Waals surface area contributed by atoms with Gasteiger partial charge in [0.25, 0.3) is 5.92 Å². The summed E-state index contributed by atoms with van der Waals surface area (Å²) in [7, 11) is 0. The van der Waals surface area contributed by atoms with Crippen LogP contribution in [0.2, 0.25) is 5.02 Å². The number of pyridine rings is 1. The number of hydrogen-bond donors (Lipinski definition) is 1. The van der Waals surface area contributed by atoms with Crippen LogP contribution in [0.1, 0.15) is 16.9 Å². The molecule has 4 nitrogen and oxygen atoms in total. The number of carboxylic acids is 1. The first-order valence-electron chi connectivity index (χ1n) is 4.79. The van der Waals surface area contributed by atoms with Crippen molar-refractivity contribution in [1.29, 1.82) is 0 Å². The highest BCUT2D eigenvalue weighted by Gasteiger charge is 2.57. The van der Waals surface area contributed by atoms with Gasteiger partial charge in [0.2, 0.25) is 0 Å². The van der Waals surface area contributed by atoms with E-state index in [9.17, 15) is 13.6 Å². The van der Waals surface area contributed by atoms with Gasteiger partial charge in [0.05, 0.1) is 23.7 Å². The highest BCUT2D eigenvalue weighted by molar-refractivity contribution is 6.33. The van der Waals surface area contributed by atoms with Crippen LogP contribution in [-0.4, -0.2) is 28.6 Å². The van der Waals surface area contributed by atoms with Gasteiger partial charge in [0.15, 0.2) is 5.69 Å². The number of carboxylic acid groups (broad SMARTS) is 1. The minimum absolute atomic E-state index is 0.0856. The average molecular weight is 264 g/mol. The van der Waals surface area contributed by atoms with E-state index in [4.69, 9.17) is 21.4 Å². The number of nitrogens with zero attached hydrogens (tertiary/aromatic N) is 1. The van der Waals surface area contributed by atoms with Gasteiger partial charge in [0.1, 0.15) is 5.75 Å². The Kier molecular flexibility index (Phi) is 2.91. The lowest BCUT2D eigenvalue weighted by molar-refractivity contribution is 0.0690. The molecule has 0 aromatic carbocycles. The van der Waals surface area contributed by atoms with Crippen LogP contribution in [0, 0.1) is 5.92 Å². The Morgan fingerprint density at radius 2 is 2.35 bits per heavy atom. The molecule has 92 valence electrons. The Bertz CT molecular complexity index is 467. The van der Waals surface area contributed by atoms with E-state index in [1.165, 1.54) is 6.07 Å². The average Bonchev–Trinajstić information content (AvgIpc) is 2.83. The van der Waals surface area contributed by atoms with E-state index in [1.54, 1.807) is 0 Å². The van der Waals surface area contributed by atoms with Gasteiger partial charge >= 0.3 is 5.97 Å². The van der Waals surface area contributed by atoms with Crippen molar-refractivity contribution in [1.82, 2.24) is 4.98 Å². The summed E-state index contributed by atoms with van der Waals surface area (Å²) >= 11 is 5.64. The zero-order valence-electron chi connectivity index (χ0n) is 8.49.